The van der Waals surface area contributed by atoms with Crippen LogP contribution >= 0.6 is 46.3 Å². The third-order valence-electron chi connectivity index (χ3n) is 6.97. The molecule has 0 unspecified atom stereocenters. The third-order valence-corrected chi connectivity index (χ3v) is 9.84. The third kappa shape index (κ3) is 6.42. The van der Waals surface area contributed by atoms with Crippen molar-refractivity contribution in [2.24, 2.45) is 0 Å². The van der Waals surface area contributed by atoms with Crippen molar-refractivity contribution < 1.29 is 9.18 Å². The number of halogens is 3. The number of hydrogen-bond donors (Lipinski definition) is 2. The first-order chi connectivity index (χ1) is 19.2. The first-order valence-corrected chi connectivity index (χ1v) is 15.0. The van der Waals surface area contributed by atoms with Gasteiger partial charge in [0.15, 0.2) is 16.6 Å². The standard InChI is InChI=1S/C28H27Cl2FN6OS2/c1-17-6-10-32-21(14-17)36-27-34-15-22(40-27)39-20-7-11-33-25(24(20)31)26(38)35-16-28(8-12-37(2)13-9-28)18-4-3-5-19(29)23(18)30/h3-7,10-11,14-15H,8-9,12-13,16H2,1-2H3,(H,35,38)(H,32,34,36). The van der Waals surface area contributed by atoms with Gasteiger partial charge in [-0.3, -0.25) is 4.79 Å². The van der Waals surface area contributed by atoms with Gasteiger partial charge >= 0.3 is 0 Å². The summed E-state index contributed by atoms with van der Waals surface area (Å²) in [4.78, 5) is 28.5. The number of likely N-dealkylation sites (tertiary alicyclic amines) is 1. The second-order valence-corrected chi connectivity index (χ2v) is 12.9. The zero-order valence-corrected chi connectivity index (χ0v) is 25.0. The maximum atomic E-state index is 15.5. The highest BCUT2D eigenvalue weighted by Gasteiger charge is 2.38. The van der Waals surface area contributed by atoms with Crippen LogP contribution in [0.3, 0.4) is 0 Å². The van der Waals surface area contributed by atoms with Crippen molar-refractivity contribution in [1.82, 2.24) is 25.2 Å². The zero-order chi connectivity index (χ0) is 28.3. The largest absolute Gasteiger partial charge is 0.350 e. The summed E-state index contributed by atoms with van der Waals surface area (Å²) < 4.78 is 16.3. The van der Waals surface area contributed by atoms with Crippen LogP contribution in [0.15, 0.2) is 64.1 Å². The Morgan fingerprint density at radius 2 is 1.93 bits per heavy atom. The molecule has 1 aliphatic heterocycles. The van der Waals surface area contributed by atoms with E-state index in [1.54, 1.807) is 24.5 Å². The second-order valence-electron chi connectivity index (χ2n) is 9.77. The van der Waals surface area contributed by atoms with Crippen LogP contribution in [-0.2, 0) is 5.41 Å². The van der Waals surface area contributed by atoms with Gasteiger partial charge in [-0.25, -0.2) is 19.3 Å². The van der Waals surface area contributed by atoms with Gasteiger partial charge in [-0.1, -0.05) is 58.4 Å². The quantitative estimate of drug-likeness (QED) is 0.221. The average Bonchev–Trinajstić information content (AvgIpc) is 3.38. The Bertz CT molecular complexity index is 1530. The predicted molar refractivity (Wildman–Crippen MR) is 160 cm³/mol. The van der Waals surface area contributed by atoms with Crippen molar-refractivity contribution in [2.75, 3.05) is 32.0 Å². The van der Waals surface area contributed by atoms with E-state index in [4.69, 9.17) is 23.2 Å². The maximum Gasteiger partial charge on any atom is 0.273 e. The lowest BCUT2D eigenvalue weighted by Gasteiger charge is -2.41. The van der Waals surface area contributed by atoms with Crippen LogP contribution in [0.2, 0.25) is 10.0 Å². The van der Waals surface area contributed by atoms with Crippen molar-refractivity contribution in [3.8, 4) is 0 Å². The number of pyridine rings is 2. The summed E-state index contributed by atoms with van der Waals surface area (Å²) >= 11 is 15.5. The van der Waals surface area contributed by atoms with E-state index in [0.29, 0.717) is 21.0 Å². The van der Waals surface area contributed by atoms with E-state index in [0.717, 1.165) is 41.3 Å². The van der Waals surface area contributed by atoms with E-state index in [2.05, 4.69) is 37.5 Å². The monoisotopic (exact) mass is 616 g/mol. The van der Waals surface area contributed by atoms with Crippen LogP contribution in [0.5, 0.6) is 0 Å². The van der Waals surface area contributed by atoms with Crippen LogP contribution < -0.4 is 10.6 Å². The molecule has 0 bridgehead atoms. The number of aromatic nitrogens is 3. The molecule has 0 spiro atoms. The maximum absolute atomic E-state index is 15.5. The van der Waals surface area contributed by atoms with E-state index in [1.807, 2.05) is 31.2 Å². The van der Waals surface area contributed by atoms with Crippen molar-refractivity contribution in [3.05, 3.63) is 87.7 Å². The molecule has 2 N–H and O–H groups in total. The Morgan fingerprint density at radius 1 is 1.15 bits per heavy atom. The Hall–Kier alpha value is -2.76. The Labute approximate surface area is 250 Å². The molecule has 12 heteroatoms. The van der Waals surface area contributed by atoms with Gasteiger partial charge in [-0.05, 0) is 75.3 Å². The molecule has 1 saturated heterocycles. The SMILES string of the molecule is Cc1ccnc(Nc2ncc(Sc3ccnc(C(=O)NCC4(c5cccc(Cl)c5Cl)CCN(C)CC4)c3F)s2)c1. The number of hydrogen-bond acceptors (Lipinski definition) is 8. The smallest absolute Gasteiger partial charge is 0.273 e. The topological polar surface area (TPSA) is 83.0 Å². The molecule has 5 rings (SSSR count). The van der Waals surface area contributed by atoms with Crippen LogP contribution in [0.25, 0.3) is 0 Å². The molecule has 4 aromatic rings. The normalized spacial score (nSPS) is 15.1. The first kappa shape index (κ1) is 28.8. The van der Waals surface area contributed by atoms with Crippen LogP contribution in [0.1, 0.15) is 34.5 Å². The summed E-state index contributed by atoms with van der Waals surface area (Å²) in [5.74, 6) is -0.568. The number of amides is 1. The lowest BCUT2D eigenvalue weighted by atomic mass is 9.72. The molecule has 0 aliphatic carbocycles. The fourth-order valence-electron chi connectivity index (χ4n) is 4.68. The fraction of sp³-hybridized carbons (Fsp3) is 0.286. The lowest BCUT2D eigenvalue weighted by molar-refractivity contribution is 0.0917. The Balaban J connectivity index is 1.30. The molecule has 1 fully saturated rings. The highest BCUT2D eigenvalue weighted by atomic mass is 35.5. The molecule has 7 nitrogen and oxygen atoms in total. The van der Waals surface area contributed by atoms with Crippen molar-refractivity contribution in [2.45, 2.75) is 34.3 Å². The summed E-state index contributed by atoms with van der Waals surface area (Å²) in [6.07, 6.45) is 6.37. The molecule has 1 aromatic carbocycles. The number of anilines is 2. The molecule has 1 aliphatic rings. The molecule has 0 atom stereocenters. The number of aryl methyl sites for hydroxylation is 1. The van der Waals surface area contributed by atoms with E-state index in [-0.39, 0.29) is 17.1 Å². The highest BCUT2D eigenvalue weighted by molar-refractivity contribution is 8.01. The van der Waals surface area contributed by atoms with Gasteiger partial charge in [-0.2, -0.15) is 0 Å². The molecule has 40 heavy (non-hydrogen) atoms. The summed E-state index contributed by atoms with van der Waals surface area (Å²) in [6.45, 7) is 3.94. The number of carbonyl (C=O) groups excluding carboxylic acids is 1. The highest BCUT2D eigenvalue weighted by Crippen LogP contribution is 2.41. The fourth-order valence-corrected chi connectivity index (χ4v) is 7.05. The average molecular weight is 618 g/mol. The number of rotatable bonds is 8. The summed E-state index contributed by atoms with van der Waals surface area (Å²) in [5.41, 5.74) is 1.29. The van der Waals surface area contributed by atoms with E-state index >= 15 is 4.39 Å². The zero-order valence-electron chi connectivity index (χ0n) is 21.9. The number of nitrogens with zero attached hydrogens (tertiary/aromatic N) is 4. The molecular formula is C28H27Cl2FN6OS2. The van der Waals surface area contributed by atoms with Crippen molar-refractivity contribution in [1.29, 1.82) is 0 Å². The molecule has 1 amide bonds. The number of piperidine rings is 1. The van der Waals surface area contributed by atoms with E-state index in [1.165, 1.54) is 29.3 Å². The lowest BCUT2D eigenvalue weighted by Crippen LogP contribution is -2.48. The number of thiazole rings is 1. The van der Waals surface area contributed by atoms with Gasteiger partial charge in [0, 0.05) is 24.4 Å². The number of benzene rings is 1. The summed E-state index contributed by atoms with van der Waals surface area (Å²) in [5, 5.41) is 7.70. The second kappa shape index (κ2) is 12.4. The summed E-state index contributed by atoms with van der Waals surface area (Å²) in [7, 11) is 2.06. The van der Waals surface area contributed by atoms with E-state index in [9.17, 15) is 4.79 Å². The first-order valence-electron chi connectivity index (χ1n) is 12.6. The van der Waals surface area contributed by atoms with Gasteiger partial charge in [0.2, 0.25) is 0 Å². The van der Waals surface area contributed by atoms with Gasteiger partial charge in [0.05, 0.1) is 25.3 Å². The number of nitrogens with one attached hydrogen (secondary N) is 2. The Morgan fingerprint density at radius 3 is 2.70 bits per heavy atom. The predicted octanol–water partition coefficient (Wildman–Crippen LogP) is 6.98. The molecule has 3 aromatic heterocycles. The minimum atomic E-state index is -0.675. The molecule has 4 heterocycles. The minimum Gasteiger partial charge on any atom is -0.350 e. The van der Waals surface area contributed by atoms with Crippen molar-refractivity contribution >= 4 is 63.2 Å². The molecule has 0 saturated carbocycles. The number of carbonyl (C=O) groups is 1. The Kier molecular flexibility index (Phi) is 8.92. The molecule has 0 radical (unpaired) electrons. The molecule has 208 valence electrons. The van der Waals surface area contributed by atoms with Crippen molar-refractivity contribution in [3.63, 3.8) is 0 Å². The van der Waals surface area contributed by atoms with E-state index < -0.39 is 17.1 Å². The minimum absolute atomic E-state index is 0.253. The van der Waals surface area contributed by atoms with Gasteiger partial charge in [0.1, 0.15) is 5.82 Å². The molecular weight excluding hydrogens is 590 g/mol. The van der Waals surface area contributed by atoms with Gasteiger partial charge in [0.25, 0.3) is 5.91 Å². The van der Waals surface area contributed by atoms with Gasteiger partial charge < -0.3 is 15.5 Å². The van der Waals surface area contributed by atoms with Crippen LogP contribution in [0, 0.1) is 12.7 Å². The van der Waals surface area contributed by atoms with Gasteiger partial charge in [-0.15, -0.1) is 0 Å². The summed E-state index contributed by atoms with van der Waals surface area (Å²) in [6, 6.07) is 10.9. The van der Waals surface area contributed by atoms with Crippen LogP contribution in [0.4, 0.5) is 15.3 Å². The van der Waals surface area contributed by atoms with Crippen LogP contribution in [-0.4, -0.2) is 52.4 Å².